The molecule has 96 valence electrons. The van der Waals surface area contributed by atoms with E-state index in [-0.39, 0.29) is 48.0 Å². The summed E-state index contributed by atoms with van der Waals surface area (Å²) in [5, 5.41) is 3.71. The molecule has 0 bridgehead atoms. The van der Waals surface area contributed by atoms with Crippen molar-refractivity contribution in [2.24, 2.45) is 0 Å². The topological polar surface area (TPSA) is 0 Å². The van der Waals surface area contributed by atoms with Crippen molar-refractivity contribution < 1.29 is 48.0 Å². The van der Waals surface area contributed by atoms with E-state index in [0.29, 0.717) is 0 Å². The summed E-state index contributed by atoms with van der Waals surface area (Å²) in [5.74, 6) is 0. The SMILES string of the molecule is CC1=CC[C]2=C1[Si](C)(C)C1=[C](CC=C1C)[Zr+2]2.[Cl-].[Cl-]. The predicted molar refractivity (Wildman–Crippen MR) is 68.3 cm³/mol. The smallest absolute Gasteiger partial charge is 1.00 e. The summed E-state index contributed by atoms with van der Waals surface area (Å²) in [5.41, 5.74) is 3.25. The van der Waals surface area contributed by atoms with Gasteiger partial charge in [-0.1, -0.05) is 0 Å². The minimum Gasteiger partial charge on any atom is -1.00 e. The van der Waals surface area contributed by atoms with Gasteiger partial charge in [0.25, 0.3) is 0 Å². The van der Waals surface area contributed by atoms with E-state index in [1.807, 2.05) is 17.0 Å². The van der Waals surface area contributed by atoms with Gasteiger partial charge in [-0.25, -0.2) is 0 Å². The van der Waals surface area contributed by atoms with Gasteiger partial charge in [-0.05, 0) is 0 Å². The van der Waals surface area contributed by atoms with E-state index in [1.54, 1.807) is 11.1 Å². The molecule has 4 heteroatoms. The molecule has 0 radical (unpaired) electrons. The van der Waals surface area contributed by atoms with E-state index in [9.17, 15) is 0 Å². The summed E-state index contributed by atoms with van der Waals surface area (Å²) in [7, 11) is -1.31. The summed E-state index contributed by atoms with van der Waals surface area (Å²) in [6, 6.07) is 0. The molecule has 3 rings (SSSR count). The molecular formula is C14H18Cl2SiZr. The molecule has 0 fully saturated rings. The zero-order valence-electron chi connectivity index (χ0n) is 11.3. The Morgan fingerprint density at radius 1 is 0.889 bits per heavy atom. The van der Waals surface area contributed by atoms with Crippen LogP contribution in [0.3, 0.4) is 0 Å². The second-order valence-electron chi connectivity index (χ2n) is 5.64. The molecule has 0 spiro atoms. The largest absolute Gasteiger partial charge is 1.00 e. The Morgan fingerprint density at radius 3 is 1.67 bits per heavy atom. The van der Waals surface area contributed by atoms with E-state index in [4.69, 9.17) is 0 Å². The normalized spacial score (nSPS) is 22.9. The third-order valence-electron chi connectivity index (χ3n) is 4.17. The van der Waals surface area contributed by atoms with Crippen molar-refractivity contribution in [3.8, 4) is 0 Å². The number of hydrogen-bond acceptors (Lipinski definition) is 0. The first-order valence-corrected chi connectivity index (χ1v) is 11.6. The predicted octanol–water partition coefficient (Wildman–Crippen LogP) is -1.91. The molecule has 0 unspecified atom stereocenters. The van der Waals surface area contributed by atoms with Crippen LogP contribution in [0.2, 0.25) is 13.1 Å². The Hall–Kier alpha value is 0.640. The van der Waals surface area contributed by atoms with Crippen LogP contribution < -0.4 is 24.8 Å². The summed E-state index contributed by atoms with van der Waals surface area (Å²) in [4.78, 5) is 0. The first-order chi connectivity index (χ1) is 7.51. The zero-order chi connectivity index (χ0) is 11.5. The van der Waals surface area contributed by atoms with Gasteiger partial charge < -0.3 is 24.8 Å². The monoisotopic (exact) mass is 374 g/mol. The third-order valence-corrected chi connectivity index (χ3v) is 13.0. The number of allylic oxidation sites excluding steroid dienone is 8. The maximum Gasteiger partial charge on any atom is -1.00 e. The van der Waals surface area contributed by atoms with E-state index in [0.717, 1.165) is 0 Å². The van der Waals surface area contributed by atoms with Gasteiger partial charge in [-0.3, -0.25) is 0 Å². The molecule has 0 atom stereocenters. The molecular weight excluding hydrogens is 358 g/mol. The number of halogens is 2. The standard InChI is InChI=1S/C14H18Si.2ClH.Zr/c1-11-7-5-9-13(11)15(3,4)14-10-6-8-12(14)2;;;/h7-8H,5-6H2,1-4H3;2*1H;/q;;;+2/p-2. The minimum absolute atomic E-state index is 0. The molecule has 1 heterocycles. The van der Waals surface area contributed by atoms with Gasteiger partial charge in [0.2, 0.25) is 0 Å². The van der Waals surface area contributed by atoms with Gasteiger partial charge in [0.15, 0.2) is 0 Å². The third kappa shape index (κ3) is 2.24. The molecule has 2 aliphatic carbocycles. The van der Waals surface area contributed by atoms with Crippen LogP contribution in [0.4, 0.5) is 0 Å². The van der Waals surface area contributed by atoms with Crippen molar-refractivity contribution in [2.45, 2.75) is 39.8 Å². The van der Waals surface area contributed by atoms with Crippen LogP contribution >= 0.6 is 0 Å². The summed E-state index contributed by atoms with van der Waals surface area (Å²) >= 11 is -0.377. The van der Waals surface area contributed by atoms with Crippen molar-refractivity contribution in [3.05, 3.63) is 40.3 Å². The average Bonchev–Trinajstić information content (AvgIpc) is 2.72. The first kappa shape index (κ1) is 16.7. The molecule has 18 heavy (non-hydrogen) atoms. The van der Waals surface area contributed by atoms with Crippen molar-refractivity contribution >= 4 is 8.07 Å². The van der Waals surface area contributed by atoms with Crippen LogP contribution in [-0.4, -0.2) is 8.07 Å². The quantitative estimate of drug-likeness (QED) is 0.433. The minimum atomic E-state index is -1.31. The molecule has 3 aliphatic rings. The van der Waals surface area contributed by atoms with Crippen molar-refractivity contribution in [2.75, 3.05) is 0 Å². The van der Waals surface area contributed by atoms with Crippen molar-refractivity contribution in [1.82, 2.24) is 0 Å². The Labute approximate surface area is 135 Å². The van der Waals surface area contributed by atoms with Crippen LogP contribution in [0, 0.1) is 0 Å². The van der Waals surface area contributed by atoms with Crippen molar-refractivity contribution in [1.29, 1.82) is 0 Å². The molecule has 0 aromatic carbocycles. The van der Waals surface area contributed by atoms with Gasteiger partial charge in [0.05, 0.1) is 0 Å². The van der Waals surface area contributed by atoms with Gasteiger partial charge in [0, 0.05) is 0 Å². The van der Waals surface area contributed by atoms with Gasteiger partial charge in [-0.15, -0.1) is 0 Å². The maximum atomic E-state index is 2.57. The maximum absolute atomic E-state index is 2.57. The summed E-state index contributed by atoms with van der Waals surface area (Å²) in [6.07, 6.45) is 7.59. The average molecular weight is 377 g/mol. The van der Waals surface area contributed by atoms with E-state index < -0.39 is 8.07 Å². The van der Waals surface area contributed by atoms with Crippen LogP contribution in [0.15, 0.2) is 40.3 Å². The second-order valence-corrected chi connectivity index (χ2v) is 13.5. The van der Waals surface area contributed by atoms with Gasteiger partial charge >= 0.3 is 111 Å². The number of rotatable bonds is 0. The van der Waals surface area contributed by atoms with E-state index in [2.05, 4.69) is 39.1 Å². The molecule has 0 saturated heterocycles. The molecule has 0 saturated carbocycles. The Balaban J connectivity index is 0.000000810. The van der Waals surface area contributed by atoms with Crippen LogP contribution in [0.1, 0.15) is 26.7 Å². The van der Waals surface area contributed by atoms with E-state index >= 15 is 0 Å². The fourth-order valence-corrected chi connectivity index (χ4v) is 16.6. The number of hydrogen-bond donors (Lipinski definition) is 0. The first-order valence-electron chi connectivity index (χ1n) is 6.10. The van der Waals surface area contributed by atoms with Crippen molar-refractivity contribution in [3.63, 3.8) is 0 Å². The Bertz CT molecular complexity index is 466. The Morgan fingerprint density at radius 2 is 1.28 bits per heavy atom. The Kier molecular flexibility index (Phi) is 5.16. The van der Waals surface area contributed by atoms with Gasteiger partial charge in [-0.2, -0.15) is 0 Å². The molecule has 0 aromatic heterocycles. The van der Waals surface area contributed by atoms with Crippen LogP contribution in [0.5, 0.6) is 0 Å². The molecule has 0 N–H and O–H groups in total. The van der Waals surface area contributed by atoms with Crippen LogP contribution in [-0.2, 0) is 23.2 Å². The summed E-state index contributed by atoms with van der Waals surface area (Å²) < 4.78 is 3.83. The zero-order valence-corrected chi connectivity index (χ0v) is 16.3. The fourth-order valence-electron chi connectivity index (χ4n) is 3.67. The molecule has 0 aromatic rings. The molecule has 0 nitrogen and oxygen atoms in total. The van der Waals surface area contributed by atoms with E-state index in [1.165, 1.54) is 12.8 Å². The molecule has 0 amide bonds. The summed E-state index contributed by atoms with van der Waals surface area (Å²) in [6.45, 7) is 9.83. The fraction of sp³-hybridized carbons (Fsp3) is 0.429. The second kappa shape index (κ2) is 5.56. The molecule has 1 aliphatic heterocycles. The van der Waals surface area contributed by atoms with Crippen LogP contribution in [0.25, 0.3) is 0 Å². The van der Waals surface area contributed by atoms with Gasteiger partial charge in [0.1, 0.15) is 0 Å².